The third-order valence-electron chi connectivity index (χ3n) is 6.11. The molecule has 0 bridgehead atoms. The second-order valence-corrected chi connectivity index (χ2v) is 9.69. The summed E-state index contributed by atoms with van der Waals surface area (Å²) in [6.45, 7) is 11.9. The first-order valence-corrected chi connectivity index (χ1v) is 12.5. The van der Waals surface area contributed by atoms with Crippen molar-refractivity contribution in [2.75, 3.05) is 57.4 Å². The quantitative estimate of drug-likeness (QED) is 0.313. The zero-order valence-electron chi connectivity index (χ0n) is 19.7. The monoisotopic (exact) mass is 489 g/mol. The predicted molar refractivity (Wildman–Crippen MR) is 136 cm³/mol. The van der Waals surface area contributed by atoms with E-state index < -0.39 is 0 Å². The summed E-state index contributed by atoms with van der Waals surface area (Å²) in [5.41, 5.74) is 1.11. The average molecular weight is 490 g/mol. The smallest absolute Gasteiger partial charge is 0.270 e. The number of hydrogen-bond donors (Lipinski definition) is 0. The van der Waals surface area contributed by atoms with Gasteiger partial charge in [-0.05, 0) is 38.5 Å². The number of aromatic nitrogens is 1. The van der Waals surface area contributed by atoms with Gasteiger partial charge in [-0.2, -0.15) is 5.26 Å². The number of carbonyl (C=O) groups is 1. The highest BCUT2D eigenvalue weighted by Gasteiger charge is 2.33. The number of pyridine rings is 1. The summed E-state index contributed by atoms with van der Waals surface area (Å²) in [6, 6.07) is 2.05. The maximum Gasteiger partial charge on any atom is 0.270 e. The molecule has 3 rings (SSSR count). The van der Waals surface area contributed by atoms with E-state index in [4.69, 9.17) is 17.0 Å². The molecule has 10 heteroatoms. The Morgan fingerprint density at radius 2 is 1.91 bits per heavy atom. The Hall–Kier alpha value is -2.19. The number of likely N-dealkylation sites (N-methyl/N-ethyl adjacent to an activating group) is 1. The van der Waals surface area contributed by atoms with Crippen LogP contribution in [0.4, 0.5) is 5.82 Å². The summed E-state index contributed by atoms with van der Waals surface area (Å²) in [7, 11) is 1.69. The number of hydrogen-bond acceptors (Lipinski definition) is 8. The van der Waals surface area contributed by atoms with E-state index in [0.717, 1.165) is 44.1 Å². The lowest BCUT2D eigenvalue weighted by molar-refractivity contribution is -0.122. The third-order valence-corrected chi connectivity index (χ3v) is 7.49. The number of piperazine rings is 1. The van der Waals surface area contributed by atoms with E-state index in [0.29, 0.717) is 41.0 Å². The predicted octanol–water partition coefficient (Wildman–Crippen LogP) is 2.34. The zero-order valence-corrected chi connectivity index (χ0v) is 21.4. The van der Waals surface area contributed by atoms with Gasteiger partial charge in [0, 0.05) is 58.5 Å². The van der Waals surface area contributed by atoms with E-state index >= 15 is 0 Å². The highest BCUT2D eigenvalue weighted by atomic mass is 32.2. The van der Waals surface area contributed by atoms with Crippen LogP contribution in [0.25, 0.3) is 6.08 Å². The zero-order chi connectivity index (χ0) is 24.1. The fourth-order valence-electron chi connectivity index (χ4n) is 4.16. The topological polar surface area (TPSA) is 81.8 Å². The van der Waals surface area contributed by atoms with Gasteiger partial charge in [-0.25, -0.2) is 0 Å². The van der Waals surface area contributed by atoms with Gasteiger partial charge in [-0.3, -0.25) is 19.1 Å². The summed E-state index contributed by atoms with van der Waals surface area (Å²) < 4.78 is 7.44. The van der Waals surface area contributed by atoms with Gasteiger partial charge in [0.1, 0.15) is 21.8 Å². The second kappa shape index (κ2) is 11.3. The highest BCUT2D eigenvalue weighted by molar-refractivity contribution is 8.26. The Kier molecular flexibility index (Phi) is 8.70. The molecule has 2 saturated heterocycles. The van der Waals surface area contributed by atoms with Crippen molar-refractivity contribution >= 4 is 46.1 Å². The Labute approximate surface area is 204 Å². The van der Waals surface area contributed by atoms with E-state index in [2.05, 4.69) is 22.8 Å². The largest absolute Gasteiger partial charge is 0.382 e. The number of amides is 1. The van der Waals surface area contributed by atoms with Crippen LogP contribution >= 0.6 is 24.0 Å². The van der Waals surface area contributed by atoms with Crippen molar-refractivity contribution in [1.29, 1.82) is 5.26 Å². The van der Waals surface area contributed by atoms with Crippen molar-refractivity contribution in [3.63, 3.8) is 0 Å². The van der Waals surface area contributed by atoms with Crippen molar-refractivity contribution in [3.05, 3.63) is 31.9 Å². The molecule has 0 radical (unpaired) electrons. The minimum absolute atomic E-state index is 0.104. The molecule has 2 aliphatic rings. The lowest BCUT2D eigenvalue weighted by atomic mass is 10.0. The molecule has 3 heterocycles. The fraction of sp³-hybridized carbons (Fsp3) is 0.565. The van der Waals surface area contributed by atoms with Crippen molar-refractivity contribution in [1.82, 2.24) is 14.4 Å². The van der Waals surface area contributed by atoms with Gasteiger partial charge in [0.05, 0.1) is 4.91 Å². The highest BCUT2D eigenvalue weighted by Crippen LogP contribution is 2.35. The van der Waals surface area contributed by atoms with Gasteiger partial charge in [-0.1, -0.05) is 30.9 Å². The molecule has 0 aromatic carbocycles. The molecule has 178 valence electrons. The van der Waals surface area contributed by atoms with Crippen LogP contribution < -0.4 is 10.5 Å². The van der Waals surface area contributed by atoms with E-state index in [1.54, 1.807) is 29.5 Å². The third kappa shape index (κ3) is 5.32. The molecule has 1 aromatic rings. The molecule has 0 saturated carbocycles. The van der Waals surface area contributed by atoms with Crippen LogP contribution in [-0.2, 0) is 16.6 Å². The molecule has 8 nitrogen and oxygen atoms in total. The number of ether oxygens (including phenoxy) is 1. The summed E-state index contributed by atoms with van der Waals surface area (Å²) in [6.07, 6.45) is 2.51. The Bertz CT molecular complexity index is 1050. The molecule has 2 aliphatic heterocycles. The Morgan fingerprint density at radius 3 is 2.52 bits per heavy atom. The first-order valence-electron chi connectivity index (χ1n) is 11.3. The van der Waals surface area contributed by atoms with Crippen LogP contribution in [0.5, 0.6) is 0 Å². The first kappa shape index (κ1) is 25.4. The first-order chi connectivity index (χ1) is 15.8. The number of thiocarbonyl (C=S) groups is 1. The molecule has 1 aromatic heterocycles. The number of carbonyl (C=O) groups excluding carboxylic acids is 1. The van der Waals surface area contributed by atoms with Crippen molar-refractivity contribution in [2.24, 2.45) is 7.05 Å². The lowest BCUT2D eigenvalue weighted by Crippen LogP contribution is -2.48. The van der Waals surface area contributed by atoms with Crippen molar-refractivity contribution in [3.8, 4) is 6.07 Å². The summed E-state index contributed by atoms with van der Waals surface area (Å²) in [5, 5.41) is 9.64. The number of rotatable bonds is 8. The summed E-state index contributed by atoms with van der Waals surface area (Å²) in [5.74, 6) is 0.601. The van der Waals surface area contributed by atoms with Gasteiger partial charge in [0.2, 0.25) is 0 Å². The minimum atomic E-state index is -0.316. The van der Waals surface area contributed by atoms with E-state index in [1.165, 1.54) is 11.8 Å². The maximum atomic E-state index is 13.1. The Balaban J connectivity index is 2.00. The number of nitriles is 1. The van der Waals surface area contributed by atoms with Crippen molar-refractivity contribution in [2.45, 2.75) is 27.2 Å². The molecule has 0 spiro atoms. The van der Waals surface area contributed by atoms with Crippen LogP contribution in [0.1, 0.15) is 37.0 Å². The van der Waals surface area contributed by atoms with Gasteiger partial charge in [0.25, 0.3) is 11.5 Å². The number of nitrogens with zero attached hydrogens (tertiary/aromatic N) is 5. The minimum Gasteiger partial charge on any atom is -0.382 e. The fourth-order valence-corrected chi connectivity index (χ4v) is 5.45. The normalized spacial score (nSPS) is 18.5. The average Bonchev–Trinajstić information content (AvgIpc) is 3.08. The van der Waals surface area contributed by atoms with Crippen LogP contribution in [0.2, 0.25) is 0 Å². The van der Waals surface area contributed by atoms with Crippen molar-refractivity contribution < 1.29 is 9.53 Å². The summed E-state index contributed by atoms with van der Waals surface area (Å²) >= 11 is 6.73. The molecular formula is C23H31N5O3S2. The number of thioether (sulfide) groups is 1. The van der Waals surface area contributed by atoms with Crippen LogP contribution in [0, 0.1) is 18.3 Å². The molecule has 0 aliphatic carbocycles. The molecular weight excluding hydrogens is 458 g/mol. The van der Waals surface area contributed by atoms with Gasteiger partial charge in [-0.15, -0.1) is 0 Å². The Morgan fingerprint density at radius 1 is 1.21 bits per heavy atom. The van der Waals surface area contributed by atoms with Gasteiger partial charge in [0.15, 0.2) is 0 Å². The molecule has 1 amide bonds. The SMILES string of the molecule is CCOCCCN1C(=O)C(=Cc2c(C)c(C#N)c(=O)n(C)c2N2CCN(CC)CC2)SC1=S. The van der Waals surface area contributed by atoms with E-state index in [1.807, 2.05) is 6.92 Å². The van der Waals surface area contributed by atoms with E-state index in [9.17, 15) is 14.9 Å². The van der Waals surface area contributed by atoms with E-state index in [-0.39, 0.29) is 17.0 Å². The van der Waals surface area contributed by atoms with Gasteiger partial charge >= 0.3 is 0 Å². The van der Waals surface area contributed by atoms with Crippen LogP contribution in [-0.4, -0.2) is 77.1 Å². The van der Waals surface area contributed by atoms with Crippen LogP contribution in [0.15, 0.2) is 9.70 Å². The van der Waals surface area contributed by atoms with Crippen LogP contribution in [0.3, 0.4) is 0 Å². The number of anilines is 1. The maximum absolute atomic E-state index is 13.1. The molecule has 33 heavy (non-hydrogen) atoms. The molecule has 0 atom stereocenters. The molecule has 0 N–H and O–H groups in total. The lowest BCUT2D eigenvalue weighted by Gasteiger charge is -2.37. The van der Waals surface area contributed by atoms with Gasteiger partial charge < -0.3 is 14.5 Å². The summed E-state index contributed by atoms with van der Waals surface area (Å²) in [4.78, 5) is 32.7. The standard InChI is InChI=1S/C23H31N5O3S2/c1-5-26-9-11-27(12-10-26)20-17(16(3)18(15-24)21(29)25(20)4)14-19-22(30)28(23(32)33-19)8-7-13-31-6-2/h14H,5-13H2,1-4H3. The molecule has 0 unspecified atom stereocenters. The molecule has 2 fully saturated rings. The second-order valence-electron chi connectivity index (χ2n) is 8.02.